The van der Waals surface area contributed by atoms with Gasteiger partial charge < -0.3 is 14.9 Å². The number of rotatable bonds is 4. The first kappa shape index (κ1) is 17.1. The molecule has 130 valence electrons. The maximum absolute atomic E-state index is 12.2. The van der Waals surface area contributed by atoms with Gasteiger partial charge in [0, 0.05) is 37.5 Å². The molecule has 1 atom stereocenters. The molecule has 0 unspecified atom stereocenters. The van der Waals surface area contributed by atoms with Crippen LogP contribution < -0.4 is 0 Å². The van der Waals surface area contributed by atoms with Crippen LogP contribution in [-0.4, -0.2) is 64.0 Å². The van der Waals surface area contributed by atoms with Crippen molar-refractivity contribution >= 4 is 23.2 Å². The van der Waals surface area contributed by atoms with Crippen LogP contribution in [0.1, 0.15) is 35.9 Å². The predicted molar refractivity (Wildman–Crippen MR) is 91.8 cm³/mol. The molecule has 3 rings (SSSR count). The molecule has 0 spiro atoms. The molecule has 6 nitrogen and oxygen atoms in total. The molecule has 0 bridgehead atoms. The Morgan fingerprint density at radius 1 is 1.29 bits per heavy atom. The van der Waals surface area contributed by atoms with E-state index in [0.717, 1.165) is 36.6 Å². The number of hydrogen-bond donors (Lipinski definition) is 1. The van der Waals surface area contributed by atoms with Gasteiger partial charge in [0.15, 0.2) is 0 Å². The molecule has 0 aliphatic carbocycles. The number of piperidine rings is 1. The van der Waals surface area contributed by atoms with Gasteiger partial charge in [-0.1, -0.05) is 6.58 Å². The first-order valence-corrected chi connectivity index (χ1v) is 9.26. The third kappa shape index (κ3) is 3.84. The number of aliphatic hydroxyl groups is 1. The number of amides is 2. The molecule has 0 radical (unpaired) electrons. The molecular formula is C17H23N3O3S. The van der Waals surface area contributed by atoms with Gasteiger partial charge in [0.25, 0.3) is 0 Å². The second-order valence-corrected chi connectivity index (χ2v) is 7.33. The lowest BCUT2D eigenvalue weighted by molar-refractivity contribution is -0.130. The van der Waals surface area contributed by atoms with Crippen LogP contribution in [0.15, 0.2) is 18.0 Å². The Hall–Kier alpha value is -1.73. The SMILES string of the molecule is C=CC(=O)N1CCC(c2nc(CC(=O)N3CC[C@@H](O)C3)cs2)CC1. The molecule has 2 aliphatic rings. The molecule has 2 saturated heterocycles. The van der Waals surface area contributed by atoms with Crippen molar-refractivity contribution in [2.75, 3.05) is 26.2 Å². The van der Waals surface area contributed by atoms with Crippen LogP contribution in [0.2, 0.25) is 0 Å². The van der Waals surface area contributed by atoms with Gasteiger partial charge in [-0.3, -0.25) is 9.59 Å². The second-order valence-electron chi connectivity index (χ2n) is 6.44. The van der Waals surface area contributed by atoms with Gasteiger partial charge in [0.2, 0.25) is 11.8 Å². The highest BCUT2D eigenvalue weighted by molar-refractivity contribution is 7.09. The summed E-state index contributed by atoms with van der Waals surface area (Å²) in [6, 6.07) is 0. The quantitative estimate of drug-likeness (QED) is 0.828. The van der Waals surface area contributed by atoms with Crippen LogP contribution in [0.5, 0.6) is 0 Å². The molecule has 0 saturated carbocycles. The van der Waals surface area contributed by atoms with Crippen LogP contribution in [-0.2, 0) is 16.0 Å². The highest BCUT2D eigenvalue weighted by atomic mass is 32.1. The van der Waals surface area contributed by atoms with Gasteiger partial charge in [-0.2, -0.15) is 0 Å². The standard InChI is InChI=1S/C17H23N3O3S/c1-2-15(22)19-6-3-12(4-7-19)17-18-13(11-24-17)9-16(23)20-8-5-14(21)10-20/h2,11-12,14,21H,1,3-10H2/t14-/m1/s1. The number of likely N-dealkylation sites (tertiary alicyclic amines) is 2. The molecule has 1 aromatic rings. The van der Waals surface area contributed by atoms with E-state index in [1.807, 2.05) is 10.3 Å². The van der Waals surface area contributed by atoms with Gasteiger partial charge in [-0.25, -0.2) is 4.98 Å². The van der Waals surface area contributed by atoms with Crippen molar-refractivity contribution in [2.24, 2.45) is 0 Å². The summed E-state index contributed by atoms with van der Waals surface area (Å²) in [5, 5.41) is 12.5. The molecule has 1 aromatic heterocycles. The fourth-order valence-electron chi connectivity index (χ4n) is 3.30. The van der Waals surface area contributed by atoms with E-state index in [2.05, 4.69) is 11.6 Å². The fourth-order valence-corrected chi connectivity index (χ4v) is 4.29. The predicted octanol–water partition coefficient (Wildman–Crippen LogP) is 1.17. The second kappa shape index (κ2) is 7.44. The zero-order valence-electron chi connectivity index (χ0n) is 13.7. The Morgan fingerprint density at radius 2 is 2.00 bits per heavy atom. The van der Waals surface area contributed by atoms with E-state index in [9.17, 15) is 14.7 Å². The minimum atomic E-state index is -0.386. The van der Waals surface area contributed by atoms with Crippen LogP contribution in [0.3, 0.4) is 0 Å². The Bertz CT molecular complexity index is 622. The fraction of sp³-hybridized carbons (Fsp3) is 0.588. The minimum Gasteiger partial charge on any atom is -0.391 e. The van der Waals surface area contributed by atoms with Crippen molar-refractivity contribution in [2.45, 2.75) is 37.7 Å². The summed E-state index contributed by atoms with van der Waals surface area (Å²) in [7, 11) is 0. The smallest absolute Gasteiger partial charge is 0.245 e. The number of aromatic nitrogens is 1. The molecule has 2 fully saturated rings. The molecule has 2 amide bonds. The Labute approximate surface area is 145 Å². The lowest BCUT2D eigenvalue weighted by atomic mass is 9.97. The molecule has 1 N–H and O–H groups in total. The van der Waals surface area contributed by atoms with Crippen molar-refractivity contribution in [1.29, 1.82) is 0 Å². The number of thiazole rings is 1. The maximum atomic E-state index is 12.2. The highest BCUT2D eigenvalue weighted by Gasteiger charge is 2.27. The zero-order chi connectivity index (χ0) is 17.1. The third-order valence-electron chi connectivity index (χ3n) is 4.75. The number of aliphatic hydroxyl groups excluding tert-OH is 1. The van der Waals surface area contributed by atoms with Gasteiger partial charge >= 0.3 is 0 Å². The topological polar surface area (TPSA) is 73.7 Å². The van der Waals surface area contributed by atoms with E-state index < -0.39 is 0 Å². The average molecular weight is 349 g/mol. The van der Waals surface area contributed by atoms with Crippen LogP contribution in [0.4, 0.5) is 0 Å². The van der Waals surface area contributed by atoms with Crippen molar-refractivity contribution in [3.63, 3.8) is 0 Å². The Balaban J connectivity index is 1.53. The highest BCUT2D eigenvalue weighted by Crippen LogP contribution is 2.30. The zero-order valence-corrected chi connectivity index (χ0v) is 14.5. The molecule has 24 heavy (non-hydrogen) atoms. The molecule has 2 aliphatic heterocycles. The Morgan fingerprint density at radius 3 is 2.62 bits per heavy atom. The monoisotopic (exact) mass is 349 g/mol. The van der Waals surface area contributed by atoms with Gasteiger partial charge in [-0.05, 0) is 25.3 Å². The molecular weight excluding hydrogens is 326 g/mol. The third-order valence-corrected chi connectivity index (χ3v) is 5.80. The maximum Gasteiger partial charge on any atom is 0.245 e. The molecule has 0 aromatic carbocycles. The number of carbonyl (C=O) groups is 2. The summed E-state index contributed by atoms with van der Waals surface area (Å²) in [4.78, 5) is 32.0. The molecule has 3 heterocycles. The van der Waals surface area contributed by atoms with Crippen LogP contribution >= 0.6 is 11.3 Å². The number of carbonyl (C=O) groups excluding carboxylic acids is 2. The summed E-state index contributed by atoms with van der Waals surface area (Å²) < 4.78 is 0. The van der Waals surface area contributed by atoms with Crippen LogP contribution in [0.25, 0.3) is 0 Å². The van der Waals surface area contributed by atoms with Gasteiger partial charge in [-0.15, -0.1) is 11.3 Å². The van der Waals surface area contributed by atoms with Crippen LogP contribution in [0, 0.1) is 0 Å². The van der Waals surface area contributed by atoms with Gasteiger partial charge in [0.05, 0.1) is 23.2 Å². The minimum absolute atomic E-state index is 0.00771. The number of hydrogen-bond acceptors (Lipinski definition) is 5. The van der Waals surface area contributed by atoms with Gasteiger partial charge in [0.1, 0.15) is 0 Å². The van der Waals surface area contributed by atoms with E-state index in [0.29, 0.717) is 31.8 Å². The first-order chi connectivity index (χ1) is 11.6. The lowest BCUT2D eigenvalue weighted by Crippen LogP contribution is -2.36. The number of nitrogens with zero attached hydrogens (tertiary/aromatic N) is 3. The summed E-state index contributed by atoms with van der Waals surface area (Å²) in [5.74, 6) is 0.391. The normalized spacial score (nSPS) is 22.0. The average Bonchev–Trinajstić information content (AvgIpc) is 3.23. The summed E-state index contributed by atoms with van der Waals surface area (Å²) in [6.07, 6.45) is 3.75. The van der Waals surface area contributed by atoms with Crippen molar-refractivity contribution in [3.05, 3.63) is 28.7 Å². The summed E-state index contributed by atoms with van der Waals surface area (Å²) in [6.45, 7) is 6.06. The van der Waals surface area contributed by atoms with Crippen molar-refractivity contribution in [1.82, 2.24) is 14.8 Å². The van der Waals surface area contributed by atoms with E-state index in [1.54, 1.807) is 16.2 Å². The number of β-amino-alcohol motifs (C(OH)–C–C–N with tert-alkyl or cyclic N) is 1. The van der Waals surface area contributed by atoms with Crippen molar-refractivity contribution in [3.8, 4) is 0 Å². The first-order valence-electron chi connectivity index (χ1n) is 8.38. The van der Waals surface area contributed by atoms with E-state index in [-0.39, 0.29) is 17.9 Å². The van der Waals surface area contributed by atoms with E-state index in [4.69, 9.17) is 0 Å². The molecule has 7 heteroatoms. The summed E-state index contributed by atoms with van der Waals surface area (Å²) in [5.41, 5.74) is 0.811. The van der Waals surface area contributed by atoms with Crippen molar-refractivity contribution < 1.29 is 14.7 Å². The van der Waals surface area contributed by atoms with E-state index in [1.165, 1.54) is 6.08 Å². The van der Waals surface area contributed by atoms with E-state index >= 15 is 0 Å². The Kier molecular flexibility index (Phi) is 5.30. The lowest BCUT2D eigenvalue weighted by Gasteiger charge is -2.30. The summed E-state index contributed by atoms with van der Waals surface area (Å²) >= 11 is 1.60. The largest absolute Gasteiger partial charge is 0.391 e.